The number of rotatable bonds is 3. The van der Waals surface area contributed by atoms with Crippen LogP contribution in [-0.2, 0) is 6.61 Å². The molecular weight excluding hydrogens is 281 g/mol. The van der Waals surface area contributed by atoms with Crippen molar-refractivity contribution in [2.24, 2.45) is 0 Å². The van der Waals surface area contributed by atoms with Gasteiger partial charge in [-0.3, -0.25) is 0 Å². The van der Waals surface area contributed by atoms with Crippen LogP contribution in [0.15, 0.2) is 36.4 Å². The molecule has 2 rings (SSSR count). The Morgan fingerprint density at radius 2 is 1.68 bits per heavy atom. The summed E-state index contributed by atoms with van der Waals surface area (Å²) in [7, 11) is 0. The molecule has 0 radical (unpaired) electrons. The molecule has 0 aromatic heterocycles. The summed E-state index contributed by atoms with van der Waals surface area (Å²) in [4.78, 5) is 0. The Morgan fingerprint density at radius 3 is 2.21 bits per heavy atom. The maximum Gasteiger partial charge on any atom is 0.157 e. The van der Waals surface area contributed by atoms with Crippen LogP contribution < -0.4 is 4.74 Å². The Bertz CT molecular complexity index is 607. The van der Waals surface area contributed by atoms with E-state index < -0.39 is 0 Å². The summed E-state index contributed by atoms with van der Waals surface area (Å²) in [5, 5.41) is 9.49. The quantitative estimate of drug-likeness (QED) is 0.817. The number of ether oxygens (including phenoxy) is 1. The summed E-state index contributed by atoms with van der Waals surface area (Å²) in [6.07, 6.45) is 0. The van der Waals surface area contributed by atoms with E-state index in [-0.39, 0.29) is 0 Å². The van der Waals surface area contributed by atoms with Gasteiger partial charge in [0.2, 0.25) is 0 Å². The predicted molar refractivity (Wildman–Crippen MR) is 76.7 cm³/mol. The van der Waals surface area contributed by atoms with Crippen LogP contribution in [-0.4, -0.2) is 0 Å². The molecule has 0 heterocycles. The fourth-order valence-electron chi connectivity index (χ4n) is 1.60. The average Bonchev–Trinajstić information content (AvgIpc) is 2.39. The zero-order valence-corrected chi connectivity index (χ0v) is 11.8. The van der Waals surface area contributed by atoms with E-state index >= 15 is 0 Å². The Kier molecular flexibility index (Phi) is 4.31. The molecule has 0 spiro atoms. The summed E-state index contributed by atoms with van der Waals surface area (Å²) in [6, 6.07) is 13.1. The molecule has 0 aliphatic rings. The standard InChI is InChI=1S/C15H11Cl2NO/c1-10-2-4-11(5-3-10)9-19-15-13(16)6-12(8-18)7-14(15)17/h2-7H,9H2,1H3. The minimum absolute atomic E-state index is 0.344. The Morgan fingerprint density at radius 1 is 1.11 bits per heavy atom. The van der Waals surface area contributed by atoms with Gasteiger partial charge in [0.1, 0.15) is 6.61 Å². The van der Waals surface area contributed by atoms with Crippen molar-refractivity contribution < 1.29 is 4.74 Å². The van der Waals surface area contributed by atoms with Crippen molar-refractivity contribution in [2.45, 2.75) is 13.5 Å². The van der Waals surface area contributed by atoms with E-state index in [9.17, 15) is 0 Å². The van der Waals surface area contributed by atoms with Gasteiger partial charge < -0.3 is 4.74 Å². The van der Waals surface area contributed by atoms with Crippen molar-refractivity contribution in [3.05, 3.63) is 63.1 Å². The highest BCUT2D eigenvalue weighted by Gasteiger charge is 2.10. The first-order valence-corrected chi connectivity index (χ1v) is 6.43. The highest BCUT2D eigenvalue weighted by Crippen LogP contribution is 2.34. The number of halogens is 2. The molecule has 0 saturated carbocycles. The van der Waals surface area contributed by atoms with Gasteiger partial charge >= 0.3 is 0 Å². The second kappa shape index (κ2) is 5.97. The third-order valence-electron chi connectivity index (χ3n) is 2.63. The van der Waals surface area contributed by atoms with E-state index in [1.807, 2.05) is 37.3 Å². The van der Waals surface area contributed by atoms with Crippen LogP contribution >= 0.6 is 23.2 Å². The summed E-state index contributed by atoms with van der Waals surface area (Å²) in [6.45, 7) is 2.41. The van der Waals surface area contributed by atoms with E-state index in [0.29, 0.717) is 28.0 Å². The molecule has 0 aliphatic carbocycles. The first kappa shape index (κ1) is 13.7. The highest BCUT2D eigenvalue weighted by atomic mass is 35.5. The topological polar surface area (TPSA) is 33.0 Å². The monoisotopic (exact) mass is 291 g/mol. The smallest absolute Gasteiger partial charge is 0.157 e. The number of hydrogen-bond donors (Lipinski definition) is 0. The lowest BCUT2D eigenvalue weighted by Gasteiger charge is -2.10. The molecule has 2 aromatic carbocycles. The summed E-state index contributed by atoms with van der Waals surface area (Å²) in [5.41, 5.74) is 2.64. The van der Waals surface area contributed by atoms with Gasteiger partial charge in [-0.15, -0.1) is 0 Å². The first-order valence-electron chi connectivity index (χ1n) is 5.67. The molecule has 2 aromatic rings. The first-order chi connectivity index (χ1) is 9.10. The SMILES string of the molecule is Cc1ccc(COc2c(Cl)cc(C#N)cc2Cl)cc1. The molecule has 0 amide bonds. The maximum absolute atomic E-state index is 8.80. The lowest BCUT2D eigenvalue weighted by Crippen LogP contribution is -1.97. The molecule has 2 nitrogen and oxygen atoms in total. The number of nitriles is 1. The molecule has 0 bridgehead atoms. The van der Waals surface area contributed by atoms with Gasteiger partial charge in [0.25, 0.3) is 0 Å². The van der Waals surface area contributed by atoms with Gasteiger partial charge in [-0.1, -0.05) is 53.0 Å². The average molecular weight is 292 g/mol. The van der Waals surface area contributed by atoms with Crippen LogP contribution in [0.1, 0.15) is 16.7 Å². The van der Waals surface area contributed by atoms with Crippen molar-refractivity contribution in [3.8, 4) is 11.8 Å². The fraction of sp³-hybridized carbons (Fsp3) is 0.133. The van der Waals surface area contributed by atoms with E-state index in [0.717, 1.165) is 5.56 Å². The van der Waals surface area contributed by atoms with Gasteiger partial charge in [0.05, 0.1) is 21.7 Å². The molecule has 0 unspecified atom stereocenters. The number of hydrogen-bond acceptors (Lipinski definition) is 2. The third kappa shape index (κ3) is 3.41. The minimum Gasteiger partial charge on any atom is -0.486 e. The van der Waals surface area contributed by atoms with E-state index in [1.54, 1.807) is 0 Å². The van der Waals surface area contributed by atoms with Crippen LogP contribution in [0.25, 0.3) is 0 Å². The van der Waals surface area contributed by atoms with Gasteiger partial charge in [0.15, 0.2) is 5.75 Å². The largest absolute Gasteiger partial charge is 0.486 e. The van der Waals surface area contributed by atoms with Crippen molar-refractivity contribution in [3.63, 3.8) is 0 Å². The van der Waals surface area contributed by atoms with E-state index in [2.05, 4.69) is 0 Å². The minimum atomic E-state index is 0.344. The van der Waals surface area contributed by atoms with Crippen LogP contribution in [0.5, 0.6) is 5.75 Å². The molecule has 19 heavy (non-hydrogen) atoms. The zero-order valence-electron chi connectivity index (χ0n) is 10.3. The fourth-order valence-corrected chi connectivity index (χ4v) is 2.20. The highest BCUT2D eigenvalue weighted by molar-refractivity contribution is 6.37. The summed E-state index contributed by atoms with van der Waals surface area (Å²) >= 11 is 12.1. The second-order valence-corrected chi connectivity index (χ2v) is 4.97. The summed E-state index contributed by atoms with van der Waals surface area (Å²) in [5.74, 6) is 0.405. The molecule has 96 valence electrons. The molecule has 0 fully saturated rings. The van der Waals surface area contributed by atoms with Crippen molar-refractivity contribution in [1.29, 1.82) is 5.26 Å². The van der Waals surface area contributed by atoms with Crippen molar-refractivity contribution in [2.75, 3.05) is 0 Å². The van der Waals surface area contributed by atoms with Crippen LogP contribution in [0, 0.1) is 18.3 Å². The van der Waals surface area contributed by atoms with Gasteiger partial charge in [-0.25, -0.2) is 0 Å². The van der Waals surface area contributed by atoms with E-state index in [1.165, 1.54) is 17.7 Å². The Balaban J connectivity index is 2.16. The molecular formula is C15H11Cl2NO. The number of nitrogens with zero attached hydrogens (tertiary/aromatic N) is 1. The zero-order chi connectivity index (χ0) is 13.8. The Hall–Kier alpha value is -1.69. The molecule has 4 heteroatoms. The third-order valence-corrected chi connectivity index (χ3v) is 3.19. The molecule has 0 atom stereocenters. The van der Waals surface area contributed by atoms with Crippen molar-refractivity contribution >= 4 is 23.2 Å². The Labute approximate surface area is 122 Å². The van der Waals surface area contributed by atoms with E-state index in [4.69, 9.17) is 33.2 Å². The second-order valence-electron chi connectivity index (χ2n) is 4.16. The number of aryl methyl sites for hydroxylation is 1. The molecule has 0 aliphatic heterocycles. The molecule has 0 N–H and O–H groups in total. The van der Waals surface area contributed by atoms with Crippen LogP contribution in [0.4, 0.5) is 0 Å². The lowest BCUT2D eigenvalue weighted by atomic mass is 10.2. The van der Waals surface area contributed by atoms with Gasteiger partial charge in [0, 0.05) is 0 Å². The van der Waals surface area contributed by atoms with Crippen molar-refractivity contribution in [1.82, 2.24) is 0 Å². The van der Waals surface area contributed by atoms with Crippen LogP contribution in [0.2, 0.25) is 10.0 Å². The normalized spacial score (nSPS) is 10.0. The lowest BCUT2D eigenvalue weighted by molar-refractivity contribution is 0.306. The van der Waals surface area contributed by atoms with Crippen LogP contribution in [0.3, 0.4) is 0 Å². The van der Waals surface area contributed by atoms with Gasteiger partial charge in [-0.2, -0.15) is 5.26 Å². The predicted octanol–water partition coefficient (Wildman–Crippen LogP) is 4.75. The summed E-state index contributed by atoms with van der Waals surface area (Å²) < 4.78 is 5.62. The van der Waals surface area contributed by atoms with Gasteiger partial charge in [-0.05, 0) is 24.6 Å². The number of benzene rings is 2. The molecule has 0 saturated heterocycles. The maximum atomic E-state index is 8.80.